The largest absolute Gasteiger partial charge is 0.394 e. The third-order valence-electron chi connectivity index (χ3n) is 4.62. The fourth-order valence-electron chi connectivity index (χ4n) is 3.27. The van der Waals surface area contributed by atoms with Gasteiger partial charge in [-0.1, -0.05) is 45.0 Å². The Morgan fingerprint density at radius 1 is 1.25 bits per heavy atom. The Morgan fingerprint density at radius 2 is 2.00 bits per heavy atom. The second kappa shape index (κ2) is 6.26. The number of pyridine rings is 1. The van der Waals surface area contributed by atoms with Gasteiger partial charge in [0.2, 0.25) is 0 Å². The predicted octanol–water partition coefficient (Wildman–Crippen LogP) is 3.35. The SMILES string of the molecule is CC(C)(C)c1ccc(C#N)c(N2CCc3ccccc3C2CO)n1. The fourth-order valence-corrected chi connectivity index (χ4v) is 3.27. The van der Waals surface area contributed by atoms with Crippen LogP contribution in [0.3, 0.4) is 0 Å². The first kappa shape index (κ1) is 16.5. The molecular formula is C20H23N3O. The molecule has 2 aromatic rings. The van der Waals surface area contributed by atoms with Gasteiger partial charge in [-0.15, -0.1) is 0 Å². The highest BCUT2D eigenvalue weighted by Gasteiger charge is 2.30. The highest BCUT2D eigenvalue weighted by Crippen LogP contribution is 2.35. The molecule has 1 atom stereocenters. The first-order valence-electron chi connectivity index (χ1n) is 8.32. The normalized spacial score (nSPS) is 17.3. The number of anilines is 1. The maximum atomic E-state index is 10.0. The lowest BCUT2D eigenvalue weighted by molar-refractivity contribution is 0.256. The van der Waals surface area contributed by atoms with E-state index in [1.54, 1.807) is 0 Å². The van der Waals surface area contributed by atoms with Gasteiger partial charge in [0, 0.05) is 17.7 Å². The average Bonchev–Trinajstić information content (AvgIpc) is 2.59. The van der Waals surface area contributed by atoms with Crippen LogP contribution in [0.2, 0.25) is 0 Å². The van der Waals surface area contributed by atoms with Crippen molar-refractivity contribution in [2.75, 3.05) is 18.1 Å². The summed E-state index contributed by atoms with van der Waals surface area (Å²) in [6, 6.07) is 14.1. The van der Waals surface area contributed by atoms with Gasteiger partial charge in [0.15, 0.2) is 0 Å². The van der Waals surface area contributed by atoms with E-state index in [0.717, 1.165) is 24.2 Å². The lowest BCUT2D eigenvalue weighted by atomic mass is 9.90. The molecule has 1 aliphatic heterocycles. The summed E-state index contributed by atoms with van der Waals surface area (Å²) < 4.78 is 0. The topological polar surface area (TPSA) is 60.2 Å². The van der Waals surface area contributed by atoms with Crippen molar-refractivity contribution in [1.29, 1.82) is 5.26 Å². The number of benzene rings is 1. The molecule has 1 aromatic carbocycles. The van der Waals surface area contributed by atoms with E-state index < -0.39 is 0 Å². The molecule has 1 N–H and O–H groups in total. The summed E-state index contributed by atoms with van der Waals surface area (Å²) in [5.74, 6) is 0.679. The predicted molar refractivity (Wildman–Crippen MR) is 95.0 cm³/mol. The lowest BCUT2D eigenvalue weighted by Crippen LogP contribution is -2.38. The molecule has 0 aliphatic carbocycles. The molecule has 0 fully saturated rings. The van der Waals surface area contributed by atoms with Crippen molar-refractivity contribution in [3.63, 3.8) is 0 Å². The Bertz CT molecular complexity index is 786. The van der Waals surface area contributed by atoms with Gasteiger partial charge in [0.05, 0.1) is 18.2 Å². The van der Waals surface area contributed by atoms with Crippen molar-refractivity contribution in [3.8, 4) is 6.07 Å². The van der Waals surface area contributed by atoms with Crippen LogP contribution in [-0.2, 0) is 11.8 Å². The quantitative estimate of drug-likeness (QED) is 0.921. The monoisotopic (exact) mass is 321 g/mol. The molecule has 0 radical (unpaired) electrons. The van der Waals surface area contributed by atoms with E-state index in [1.165, 1.54) is 5.56 Å². The van der Waals surface area contributed by atoms with Gasteiger partial charge in [-0.05, 0) is 29.7 Å². The van der Waals surface area contributed by atoms with Crippen molar-refractivity contribution < 1.29 is 5.11 Å². The molecule has 1 unspecified atom stereocenters. The zero-order chi connectivity index (χ0) is 17.3. The number of fused-ring (bicyclic) bond motifs is 1. The maximum Gasteiger partial charge on any atom is 0.147 e. The minimum atomic E-state index is -0.162. The first-order chi connectivity index (χ1) is 11.5. The third-order valence-corrected chi connectivity index (χ3v) is 4.62. The summed E-state index contributed by atoms with van der Waals surface area (Å²) >= 11 is 0. The summed E-state index contributed by atoms with van der Waals surface area (Å²) in [4.78, 5) is 6.88. The highest BCUT2D eigenvalue weighted by atomic mass is 16.3. The van der Waals surface area contributed by atoms with Gasteiger partial charge < -0.3 is 10.0 Å². The summed E-state index contributed by atoms with van der Waals surface area (Å²) in [6.45, 7) is 7.08. The standard InChI is InChI=1S/C20H23N3O/c1-20(2,3)18-9-8-15(12-21)19(22-18)23-11-10-14-6-4-5-7-16(14)17(23)13-24/h4-9,17,24H,10-11,13H2,1-3H3. The van der Waals surface area contributed by atoms with Gasteiger partial charge >= 0.3 is 0 Å². The van der Waals surface area contributed by atoms with E-state index >= 15 is 0 Å². The summed E-state index contributed by atoms with van der Waals surface area (Å²) in [5.41, 5.74) is 3.80. The molecule has 0 amide bonds. The summed E-state index contributed by atoms with van der Waals surface area (Å²) in [7, 11) is 0. The molecule has 0 saturated carbocycles. The van der Waals surface area contributed by atoms with Crippen LogP contribution in [0.4, 0.5) is 5.82 Å². The Labute approximate surface area is 143 Å². The van der Waals surface area contributed by atoms with Gasteiger partial charge in [-0.25, -0.2) is 4.98 Å². The molecule has 1 aromatic heterocycles. The van der Waals surface area contributed by atoms with Crippen LogP contribution in [0.15, 0.2) is 36.4 Å². The van der Waals surface area contributed by atoms with E-state index in [4.69, 9.17) is 4.98 Å². The Kier molecular flexibility index (Phi) is 4.29. The van der Waals surface area contributed by atoms with Crippen LogP contribution in [0.25, 0.3) is 0 Å². The molecule has 1 aliphatic rings. The maximum absolute atomic E-state index is 10.0. The minimum absolute atomic E-state index is 0.00328. The Morgan fingerprint density at radius 3 is 2.67 bits per heavy atom. The van der Waals surface area contributed by atoms with Crippen molar-refractivity contribution in [3.05, 3.63) is 58.8 Å². The van der Waals surface area contributed by atoms with Crippen LogP contribution in [0.5, 0.6) is 0 Å². The number of nitrogens with zero attached hydrogens (tertiary/aromatic N) is 3. The molecule has 3 rings (SSSR count). The van der Waals surface area contributed by atoms with Gasteiger partial charge in [-0.2, -0.15) is 5.26 Å². The zero-order valence-electron chi connectivity index (χ0n) is 14.5. The molecule has 4 heteroatoms. The van der Waals surface area contributed by atoms with Crippen LogP contribution >= 0.6 is 0 Å². The zero-order valence-corrected chi connectivity index (χ0v) is 14.5. The molecule has 24 heavy (non-hydrogen) atoms. The van der Waals surface area contributed by atoms with E-state index in [9.17, 15) is 10.4 Å². The smallest absolute Gasteiger partial charge is 0.147 e. The molecule has 4 nitrogen and oxygen atoms in total. The highest BCUT2D eigenvalue weighted by molar-refractivity contribution is 5.58. The molecular weight excluding hydrogens is 298 g/mol. The number of aromatic nitrogens is 1. The Balaban J connectivity index is 2.10. The molecule has 0 saturated heterocycles. The van der Waals surface area contributed by atoms with E-state index in [-0.39, 0.29) is 18.1 Å². The van der Waals surface area contributed by atoms with Gasteiger partial charge in [-0.3, -0.25) is 0 Å². The van der Waals surface area contributed by atoms with E-state index in [1.807, 2.05) is 24.3 Å². The molecule has 0 bridgehead atoms. The number of hydrogen-bond donors (Lipinski definition) is 1. The van der Waals surface area contributed by atoms with Gasteiger partial charge in [0.25, 0.3) is 0 Å². The van der Waals surface area contributed by atoms with Gasteiger partial charge in [0.1, 0.15) is 11.9 Å². The van der Waals surface area contributed by atoms with Crippen molar-refractivity contribution >= 4 is 5.82 Å². The number of nitriles is 1. The van der Waals surface area contributed by atoms with E-state index in [0.29, 0.717) is 11.4 Å². The molecule has 124 valence electrons. The second-order valence-corrected chi connectivity index (χ2v) is 7.27. The van der Waals surface area contributed by atoms with Crippen LogP contribution in [0.1, 0.15) is 49.2 Å². The van der Waals surface area contributed by atoms with Crippen LogP contribution < -0.4 is 4.90 Å². The number of aliphatic hydroxyl groups is 1. The van der Waals surface area contributed by atoms with Crippen molar-refractivity contribution in [2.24, 2.45) is 0 Å². The summed E-state index contributed by atoms with van der Waals surface area (Å²) in [5, 5.41) is 19.5. The van der Waals surface area contributed by atoms with Crippen LogP contribution in [-0.4, -0.2) is 23.2 Å². The average molecular weight is 321 g/mol. The number of hydrogen-bond acceptors (Lipinski definition) is 4. The van der Waals surface area contributed by atoms with Crippen molar-refractivity contribution in [2.45, 2.75) is 38.6 Å². The fraction of sp³-hybridized carbons (Fsp3) is 0.400. The molecule has 0 spiro atoms. The summed E-state index contributed by atoms with van der Waals surface area (Å²) in [6.07, 6.45) is 0.888. The van der Waals surface area contributed by atoms with E-state index in [2.05, 4.69) is 43.9 Å². The first-order valence-corrected chi connectivity index (χ1v) is 8.32. The Hall–Kier alpha value is -2.38. The second-order valence-electron chi connectivity index (χ2n) is 7.27. The van der Waals surface area contributed by atoms with Crippen LogP contribution in [0, 0.1) is 11.3 Å². The minimum Gasteiger partial charge on any atom is -0.394 e. The van der Waals surface area contributed by atoms with Crippen molar-refractivity contribution in [1.82, 2.24) is 4.98 Å². The molecule has 2 heterocycles. The third kappa shape index (κ3) is 2.88. The number of rotatable bonds is 2. The number of aliphatic hydroxyl groups excluding tert-OH is 1. The lowest BCUT2D eigenvalue weighted by Gasteiger charge is -2.38.